The average Bonchev–Trinajstić information content (AvgIpc) is 2.89. The Kier molecular flexibility index (Phi) is 4.65. The van der Waals surface area contributed by atoms with Crippen molar-refractivity contribution in [3.05, 3.63) is 41.7 Å². The van der Waals surface area contributed by atoms with Crippen molar-refractivity contribution in [2.24, 2.45) is 0 Å². The molecule has 1 aromatic carbocycles. The van der Waals surface area contributed by atoms with E-state index in [0.717, 1.165) is 5.69 Å². The molecule has 0 radical (unpaired) electrons. The molecular formula is C14H16N4O3. The third kappa shape index (κ3) is 3.65. The normalized spacial score (nSPS) is 10.3. The average molecular weight is 288 g/mol. The summed E-state index contributed by atoms with van der Waals surface area (Å²) in [5.41, 5.74) is 1.19. The number of carbonyl (C=O) groups is 2. The predicted octanol–water partition coefficient (Wildman–Crippen LogP) is 1.57. The third-order valence-corrected chi connectivity index (χ3v) is 2.98. The first-order chi connectivity index (χ1) is 10.1. The fraction of sp³-hybridized carbons (Fsp3) is 0.286. The Balaban J connectivity index is 1.97. The number of hydrogen-bond acceptors (Lipinski definition) is 4. The van der Waals surface area contributed by atoms with Gasteiger partial charge in [-0.3, -0.25) is 4.79 Å². The number of carbonyl (C=O) groups excluding carboxylic acids is 1. The molecule has 1 amide bonds. The Bertz CT molecular complexity index is 637. The molecule has 2 rings (SSSR count). The molecule has 0 bridgehead atoms. The summed E-state index contributed by atoms with van der Waals surface area (Å²) < 4.78 is 1.47. The lowest BCUT2D eigenvalue weighted by Crippen LogP contribution is -2.16. The SMILES string of the molecule is CCc1c(C(=O)O)nnn1CCC(=O)Nc1ccccc1. The Morgan fingerprint density at radius 1 is 1.29 bits per heavy atom. The largest absolute Gasteiger partial charge is 0.476 e. The van der Waals surface area contributed by atoms with Gasteiger partial charge in [0.05, 0.1) is 12.2 Å². The van der Waals surface area contributed by atoms with Crippen LogP contribution in [0.5, 0.6) is 0 Å². The van der Waals surface area contributed by atoms with E-state index in [-0.39, 0.29) is 18.0 Å². The van der Waals surface area contributed by atoms with Crippen LogP contribution in [0.2, 0.25) is 0 Å². The van der Waals surface area contributed by atoms with Gasteiger partial charge < -0.3 is 10.4 Å². The number of benzene rings is 1. The monoisotopic (exact) mass is 288 g/mol. The molecule has 0 aliphatic rings. The number of aromatic nitrogens is 3. The quantitative estimate of drug-likeness (QED) is 0.840. The number of nitrogens with zero attached hydrogens (tertiary/aromatic N) is 3. The Hall–Kier alpha value is -2.70. The zero-order chi connectivity index (χ0) is 15.2. The zero-order valence-corrected chi connectivity index (χ0v) is 11.6. The fourth-order valence-electron chi connectivity index (χ4n) is 1.98. The Morgan fingerprint density at radius 2 is 2.00 bits per heavy atom. The lowest BCUT2D eigenvalue weighted by molar-refractivity contribution is -0.116. The molecule has 2 aromatic rings. The van der Waals surface area contributed by atoms with Crippen LogP contribution in [0.15, 0.2) is 30.3 Å². The summed E-state index contributed by atoms with van der Waals surface area (Å²) in [4.78, 5) is 22.8. The molecule has 21 heavy (non-hydrogen) atoms. The highest BCUT2D eigenvalue weighted by Gasteiger charge is 2.17. The number of amides is 1. The van der Waals surface area contributed by atoms with E-state index in [1.165, 1.54) is 4.68 Å². The van der Waals surface area contributed by atoms with Gasteiger partial charge in [0.1, 0.15) is 0 Å². The van der Waals surface area contributed by atoms with Crippen LogP contribution in [0.3, 0.4) is 0 Å². The summed E-state index contributed by atoms with van der Waals surface area (Å²) >= 11 is 0. The van der Waals surface area contributed by atoms with Gasteiger partial charge in [0.2, 0.25) is 5.91 Å². The number of aromatic carboxylic acids is 1. The number of anilines is 1. The van der Waals surface area contributed by atoms with E-state index in [0.29, 0.717) is 18.7 Å². The second-order valence-corrected chi connectivity index (χ2v) is 4.43. The van der Waals surface area contributed by atoms with E-state index in [2.05, 4.69) is 15.6 Å². The van der Waals surface area contributed by atoms with Crippen LogP contribution in [0.1, 0.15) is 29.5 Å². The minimum atomic E-state index is -1.10. The van der Waals surface area contributed by atoms with Gasteiger partial charge in [-0.15, -0.1) is 5.10 Å². The van der Waals surface area contributed by atoms with Crippen molar-refractivity contribution >= 4 is 17.6 Å². The van der Waals surface area contributed by atoms with Crippen LogP contribution >= 0.6 is 0 Å². The minimum Gasteiger partial charge on any atom is -0.476 e. The lowest BCUT2D eigenvalue weighted by Gasteiger charge is -2.06. The molecule has 2 N–H and O–H groups in total. The summed E-state index contributed by atoms with van der Waals surface area (Å²) in [5, 5.41) is 19.2. The zero-order valence-electron chi connectivity index (χ0n) is 11.6. The molecular weight excluding hydrogens is 272 g/mol. The maximum atomic E-state index is 11.8. The molecule has 0 aliphatic heterocycles. The first kappa shape index (κ1) is 14.7. The molecule has 7 heteroatoms. The van der Waals surface area contributed by atoms with Gasteiger partial charge in [-0.1, -0.05) is 30.3 Å². The van der Waals surface area contributed by atoms with Gasteiger partial charge in [0.15, 0.2) is 5.69 Å². The van der Waals surface area contributed by atoms with Gasteiger partial charge >= 0.3 is 5.97 Å². The highest BCUT2D eigenvalue weighted by atomic mass is 16.4. The van der Waals surface area contributed by atoms with Gasteiger partial charge in [-0.25, -0.2) is 9.48 Å². The summed E-state index contributed by atoms with van der Waals surface area (Å²) in [6.45, 7) is 2.12. The number of carboxylic acids is 1. The molecule has 1 heterocycles. The number of carboxylic acid groups (broad SMARTS) is 1. The number of para-hydroxylation sites is 1. The number of hydrogen-bond donors (Lipinski definition) is 2. The summed E-state index contributed by atoms with van der Waals surface area (Å²) in [7, 11) is 0. The van der Waals surface area contributed by atoms with Gasteiger partial charge in [0, 0.05) is 12.1 Å². The van der Waals surface area contributed by atoms with Crippen molar-refractivity contribution in [3.8, 4) is 0 Å². The first-order valence-corrected chi connectivity index (χ1v) is 6.62. The molecule has 1 aromatic heterocycles. The van der Waals surface area contributed by atoms with E-state index in [1.54, 1.807) is 12.1 Å². The standard InChI is InChI=1S/C14H16N4O3/c1-2-11-13(14(20)21)16-17-18(11)9-8-12(19)15-10-6-4-3-5-7-10/h3-7H,2,8-9H2,1H3,(H,15,19)(H,20,21). The van der Waals surface area contributed by atoms with E-state index >= 15 is 0 Å². The van der Waals surface area contributed by atoms with Gasteiger partial charge in [-0.05, 0) is 18.6 Å². The fourth-order valence-corrected chi connectivity index (χ4v) is 1.98. The number of nitrogens with one attached hydrogen (secondary N) is 1. The second-order valence-electron chi connectivity index (χ2n) is 4.43. The lowest BCUT2D eigenvalue weighted by atomic mass is 10.2. The van der Waals surface area contributed by atoms with Crippen molar-refractivity contribution in [2.75, 3.05) is 5.32 Å². The smallest absolute Gasteiger partial charge is 0.358 e. The number of aryl methyl sites for hydroxylation is 1. The predicted molar refractivity (Wildman–Crippen MR) is 76.0 cm³/mol. The highest BCUT2D eigenvalue weighted by molar-refractivity contribution is 5.90. The summed E-state index contributed by atoms with van der Waals surface area (Å²) in [6.07, 6.45) is 0.694. The third-order valence-electron chi connectivity index (χ3n) is 2.98. The summed E-state index contributed by atoms with van der Waals surface area (Å²) in [6, 6.07) is 9.13. The molecule has 0 atom stereocenters. The first-order valence-electron chi connectivity index (χ1n) is 6.62. The Labute approximate surface area is 121 Å². The van der Waals surface area contributed by atoms with Crippen molar-refractivity contribution in [3.63, 3.8) is 0 Å². The molecule has 0 fully saturated rings. The molecule has 110 valence electrons. The molecule has 0 aliphatic carbocycles. The maximum Gasteiger partial charge on any atom is 0.358 e. The molecule has 7 nitrogen and oxygen atoms in total. The topological polar surface area (TPSA) is 97.1 Å². The Morgan fingerprint density at radius 3 is 2.62 bits per heavy atom. The highest BCUT2D eigenvalue weighted by Crippen LogP contribution is 2.09. The van der Waals surface area contributed by atoms with E-state index < -0.39 is 5.97 Å². The number of rotatable bonds is 6. The van der Waals surface area contributed by atoms with Crippen molar-refractivity contribution in [2.45, 2.75) is 26.3 Å². The van der Waals surface area contributed by atoms with Gasteiger partial charge in [-0.2, -0.15) is 0 Å². The molecule has 0 unspecified atom stereocenters. The second kappa shape index (κ2) is 6.65. The van der Waals surface area contributed by atoms with E-state index in [9.17, 15) is 9.59 Å². The minimum absolute atomic E-state index is 0.0547. The van der Waals surface area contributed by atoms with Crippen LogP contribution in [0, 0.1) is 0 Å². The van der Waals surface area contributed by atoms with E-state index in [1.807, 2.05) is 25.1 Å². The van der Waals surface area contributed by atoms with Crippen LogP contribution in [0.4, 0.5) is 5.69 Å². The molecule has 0 saturated heterocycles. The van der Waals surface area contributed by atoms with Crippen LogP contribution in [-0.4, -0.2) is 32.0 Å². The van der Waals surface area contributed by atoms with E-state index in [4.69, 9.17) is 5.11 Å². The van der Waals surface area contributed by atoms with Crippen LogP contribution < -0.4 is 5.32 Å². The van der Waals surface area contributed by atoms with Crippen LogP contribution in [0.25, 0.3) is 0 Å². The van der Waals surface area contributed by atoms with Crippen LogP contribution in [-0.2, 0) is 17.8 Å². The summed E-state index contributed by atoms with van der Waals surface area (Å²) in [5.74, 6) is -1.26. The molecule has 0 spiro atoms. The van der Waals surface area contributed by atoms with Crippen molar-refractivity contribution in [1.29, 1.82) is 0 Å². The molecule has 0 saturated carbocycles. The van der Waals surface area contributed by atoms with Crippen molar-refractivity contribution in [1.82, 2.24) is 15.0 Å². The maximum absolute atomic E-state index is 11.8. The van der Waals surface area contributed by atoms with Gasteiger partial charge in [0.25, 0.3) is 0 Å². The van der Waals surface area contributed by atoms with Crippen molar-refractivity contribution < 1.29 is 14.7 Å².